The van der Waals surface area contributed by atoms with Gasteiger partial charge in [-0.05, 0) is 38.3 Å². The average molecular weight is 249 g/mol. The van der Waals surface area contributed by atoms with Crippen LogP contribution in [-0.4, -0.2) is 22.4 Å². The second-order valence-corrected chi connectivity index (χ2v) is 5.43. The van der Waals surface area contributed by atoms with Gasteiger partial charge in [-0.15, -0.1) is 0 Å². The summed E-state index contributed by atoms with van der Waals surface area (Å²) in [6, 6.07) is 2.93. The monoisotopic (exact) mass is 249 g/mol. The molecule has 3 nitrogen and oxygen atoms in total. The molecule has 0 amide bonds. The van der Waals surface area contributed by atoms with Gasteiger partial charge in [0.15, 0.2) is 0 Å². The molecule has 1 atom stereocenters. The Hall–Kier alpha value is -0.830. The summed E-state index contributed by atoms with van der Waals surface area (Å²) in [5, 5.41) is 8.28. The third kappa shape index (κ3) is 3.58. The van der Waals surface area contributed by atoms with Crippen molar-refractivity contribution in [3.05, 3.63) is 17.5 Å². The molecule has 1 aromatic heterocycles. The standard InChI is InChI=1S/C15H27N3/c1-4-13-10-15(18(6-3)17-13)11-14(16-5-2)9-12-7-8-12/h10,12,14,16H,4-9,11H2,1-3H3. The number of likely N-dealkylation sites (N-methyl/N-ethyl adjacent to an activating group) is 1. The summed E-state index contributed by atoms with van der Waals surface area (Å²) in [5.41, 5.74) is 2.63. The minimum atomic E-state index is 0.634. The highest BCUT2D eigenvalue weighted by molar-refractivity contribution is 5.12. The number of aromatic nitrogens is 2. The Balaban J connectivity index is 2.01. The van der Waals surface area contributed by atoms with Crippen LogP contribution in [0.5, 0.6) is 0 Å². The Morgan fingerprint density at radius 2 is 2.17 bits per heavy atom. The van der Waals surface area contributed by atoms with E-state index in [9.17, 15) is 0 Å². The number of aryl methyl sites for hydroxylation is 2. The van der Waals surface area contributed by atoms with E-state index in [4.69, 9.17) is 0 Å². The van der Waals surface area contributed by atoms with E-state index in [0.29, 0.717) is 6.04 Å². The first kappa shape index (κ1) is 13.6. The summed E-state index contributed by atoms with van der Waals surface area (Å²) in [5.74, 6) is 0.984. The Labute approximate surface area is 111 Å². The van der Waals surface area contributed by atoms with Crippen LogP contribution in [0.4, 0.5) is 0 Å². The molecule has 1 N–H and O–H groups in total. The molecule has 102 valence electrons. The van der Waals surface area contributed by atoms with E-state index in [0.717, 1.165) is 31.8 Å². The van der Waals surface area contributed by atoms with E-state index < -0.39 is 0 Å². The van der Waals surface area contributed by atoms with E-state index in [1.54, 1.807) is 0 Å². The normalized spacial score (nSPS) is 17.1. The summed E-state index contributed by atoms with van der Waals surface area (Å²) >= 11 is 0. The predicted octanol–water partition coefficient (Wildman–Crippen LogP) is 2.79. The molecule has 1 fully saturated rings. The zero-order valence-electron chi connectivity index (χ0n) is 12.1. The van der Waals surface area contributed by atoms with Gasteiger partial charge in [-0.2, -0.15) is 5.10 Å². The van der Waals surface area contributed by atoms with E-state index in [1.165, 1.54) is 30.7 Å². The molecule has 1 unspecified atom stereocenters. The smallest absolute Gasteiger partial charge is 0.0624 e. The SMILES string of the molecule is CCNC(Cc1cc(CC)nn1CC)CC1CC1. The molecule has 0 spiro atoms. The summed E-state index contributed by atoms with van der Waals surface area (Å²) in [7, 11) is 0. The fourth-order valence-corrected chi connectivity index (χ4v) is 2.66. The number of hydrogen-bond donors (Lipinski definition) is 1. The summed E-state index contributed by atoms with van der Waals surface area (Å²) in [6.45, 7) is 8.61. The molecule has 1 aliphatic carbocycles. The first-order valence-corrected chi connectivity index (χ1v) is 7.55. The largest absolute Gasteiger partial charge is 0.314 e. The van der Waals surface area contributed by atoms with Gasteiger partial charge >= 0.3 is 0 Å². The molecule has 0 saturated heterocycles. The summed E-state index contributed by atoms with van der Waals surface area (Å²) in [4.78, 5) is 0. The second-order valence-electron chi connectivity index (χ2n) is 5.43. The van der Waals surface area contributed by atoms with Crippen molar-refractivity contribution in [3.63, 3.8) is 0 Å². The highest BCUT2D eigenvalue weighted by atomic mass is 15.3. The Bertz CT molecular complexity index is 366. The Kier molecular flexibility index (Phi) is 4.81. The minimum absolute atomic E-state index is 0.634. The molecule has 1 aliphatic rings. The predicted molar refractivity (Wildman–Crippen MR) is 75.8 cm³/mol. The molecule has 2 rings (SSSR count). The third-order valence-corrected chi connectivity index (χ3v) is 3.84. The molecule has 0 radical (unpaired) electrons. The lowest BCUT2D eigenvalue weighted by molar-refractivity contribution is 0.450. The lowest BCUT2D eigenvalue weighted by Crippen LogP contribution is -2.32. The van der Waals surface area contributed by atoms with Gasteiger partial charge in [-0.25, -0.2) is 0 Å². The zero-order valence-corrected chi connectivity index (χ0v) is 12.1. The lowest BCUT2D eigenvalue weighted by Gasteiger charge is -2.18. The topological polar surface area (TPSA) is 29.9 Å². The van der Waals surface area contributed by atoms with Crippen molar-refractivity contribution >= 4 is 0 Å². The molecule has 1 heterocycles. The molecule has 1 aromatic rings. The van der Waals surface area contributed by atoms with Crippen molar-refractivity contribution in [3.8, 4) is 0 Å². The van der Waals surface area contributed by atoms with Crippen LogP contribution in [-0.2, 0) is 19.4 Å². The van der Waals surface area contributed by atoms with Crippen LogP contribution in [0.1, 0.15) is 51.4 Å². The first-order valence-electron chi connectivity index (χ1n) is 7.55. The van der Waals surface area contributed by atoms with Gasteiger partial charge in [0, 0.05) is 24.7 Å². The van der Waals surface area contributed by atoms with Crippen LogP contribution >= 0.6 is 0 Å². The van der Waals surface area contributed by atoms with E-state index in [-0.39, 0.29) is 0 Å². The van der Waals surface area contributed by atoms with Crippen LogP contribution in [0.25, 0.3) is 0 Å². The van der Waals surface area contributed by atoms with Gasteiger partial charge < -0.3 is 5.32 Å². The summed E-state index contributed by atoms with van der Waals surface area (Å²) < 4.78 is 2.18. The average Bonchev–Trinajstić information content (AvgIpc) is 3.08. The maximum absolute atomic E-state index is 4.64. The van der Waals surface area contributed by atoms with Crippen LogP contribution in [0.15, 0.2) is 6.07 Å². The van der Waals surface area contributed by atoms with Crippen molar-refractivity contribution in [1.29, 1.82) is 0 Å². The molecule has 0 aromatic carbocycles. The Morgan fingerprint density at radius 1 is 1.39 bits per heavy atom. The fourth-order valence-electron chi connectivity index (χ4n) is 2.66. The molecule has 3 heteroatoms. The van der Waals surface area contributed by atoms with Crippen molar-refractivity contribution in [1.82, 2.24) is 15.1 Å². The van der Waals surface area contributed by atoms with Crippen molar-refractivity contribution in [2.24, 2.45) is 5.92 Å². The molecular weight excluding hydrogens is 222 g/mol. The number of nitrogens with one attached hydrogen (secondary N) is 1. The molecule has 18 heavy (non-hydrogen) atoms. The van der Waals surface area contributed by atoms with Gasteiger partial charge in [0.25, 0.3) is 0 Å². The molecular formula is C15H27N3. The van der Waals surface area contributed by atoms with Crippen LogP contribution in [0.3, 0.4) is 0 Å². The molecule has 0 aliphatic heterocycles. The number of hydrogen-bond acceptors (Lipinski definition) is 2. The van der Waals surface area contributed by atoms with Gasteiger partial charge in [-0.3, -0.25) is 4.68 Å². The summed E-state index contributed by atoms with van der Waals surface area (Å²) in [6.07, 6.45) is 6.38. The van der Waals surface area contributed by atoms with E-state index >= 15 is 0 Å². The lowest BCUT2D eigenvalue weighted by atomic mass is 10.0. The van der Waals surface area contributed by atoms with E-state index in [1.807, 2.05) is 0 Å². The van der Waals surface area contributed by atoms with Crippen LogP contribution in [0, 0.1) is 5.92 Å². The maximum atomic E-state index is 4.64. The molecule has 1 saturated carbocycles. The van der Waals surface area contributed by atoms with Crippen LogP contribution in [0.2, 0.25) is 0 Å². The first-order chi connectivity index (χ1) is 8.76. The Morgan fingerprint density at radius 3 is 2.72 bits per heavy atom. The third-order valence-electron chi connectivity index (χ3n) is 3.84. The minimum Gasteiger partial charge on any atom is -0.314 e. The number of nitrogens with zero attached hydrogens (tertiary/aromatic N) is 2. The fraction of sp³-hybridized carbons (Fsp3) is 0.800. The zero-order chi connectivity index (χ0) is 13.0. The van der Waals surface area contributed by atoms with Gasteiger partial charge in [0.05, 0.1) is 5.69 Å². The van der Waals surface area contributed by atoms with Crippen LogP contribution < -0.4 is 5.32 Å². The highest BCUT2D eigenvalue weighted by Crippen LogP contribution is 2.34. The second kappa shape index (κ2) is 6.37. The maximum Gasteiger partial charge on any atom is 0.0624 e. The van der Waals surface area contributed by atoms with Gasteiger partial charge in [-0.1, -0.05) is 26.7 Å². The highest BCUT2D eigenvalue weighted by Gasteiger charge is 2.25. The van der Waals surface area contributed by atoms with E-state index in [2.05, 4.69) is 41.9 Å². The van der Waals surface area contributed by atoms with Crippen molar-refractivity contribution in [2.45, 2.75) is 65.5 Å². The number of rotatable bonds is 8. The van der Waals surface area contributed by atoms with Crippen molar-refractivity contribution < 1.29 is 0 Å². The van der Waals surface area contributed by atoms with Gasteiger partial charge in [0.1, 0.15) is 0 Å². The molecule has 0 bridgehead atoms. The van der Waals surface area contributed by atoms with Crippen molar-refractivity contribution in [2.75, 3.05) is 6.54 Å². The van der Waals surface area contributed by atoms with Gasteiger partial charge in [0.2, 0.25) is 0 Å². The quantitative estimate of drug-likeness (QED) is 0.768.